The highest BCUT2D eigenvalue weighted by Gasteiger charge is 2.65. The summed E-state index contributed by atoms with van der Waals surface area (Å²) in [7, 11) is -4.07. The predicted molar refractivity (Wildman–Crippen MR) is 123 cm³/mol. The van der Waals surface area contributed by atoms with Crippen LogP contribution in [0.4, 0.5) is 14.5 Å². The number of nitrogens with one attached hydrogen (secondary N) is 1. The third kappa shape index (κ3) is 3.49. The number of carbonyl (C=O) groups is 1. The van der Waals surface area contributed by atoms with Gasteiger partial charge in [0.05, 0.1) is 11.4 Å². The van der Waals surface area contributed by atoms with Crippen molar-refractivity contribution in [1.29, 1.82) is 0 Å². The van der Waals surface area contributed by atoms with Crippen molar-refractivity contribution in [1.82, 2.24) is 4.98 Å². The molecule has 178 valence electrons. The van der Waals surface area contributed by atoms with Crippen molar-refractivity contribution in [3.05, 3.63) is 53.6 Å². The van der Waals surface area contributed by atoms with Gasteiger partial charge in [-0.1, -0.05) is 5.92 Å². The number of fused-ring (bicyclic) bond motifs is 2. The quantitative estimate of drug-likeness (QED) is 0.602. The van der Waals surface area contributed by atoms with Gasteiger partial charge < -0.3 is 15.8 Å². The van der Waals surface area contributed by atoms with Gasteiger partial charge in [-0.2, -0.15) is 0 Å². The number of aliphatic imine (C=N–C) groups is 1. The summed E-state index contributed by atoms with van der Waals surface area (Å²) in [6.07, 6.45) is 6.53. The third-order valence-corrected chi connectivity index (χ3v) is 9.51. The first-order valence-corrected chi connectivity index (χ1v) is 11.9. The van der Waals surface area contributed by atoms with Gasteiger partial charge in [0.2, 0.25) is 0 Å². The highest BCUT2D eigenvalue weighted by atomic mass is 32.2. The van der Waals surface area contributed by atoms with Crippen LogP contribution in [-0.4, -0.2) is 48.4 Å². The number of nitrogens with zero attached hydrogens (tertiary/aromatic N) is 2. The van der Waals surface area contributed by atoms with Gasteiger partial charge in [0, 0.05) is 11.3 Å². The number of benzene rings is 1. The van der Waals surface area contributed by atoms with E-state index in [1.54, 1.807) is 0 Å². The first-order chi connectivity index (χ1) is 16.1. The van der Waals surface area contributed by atoms with E-state index in [0.717, 1.165) is 6.07 Å². The molecule has 1 saturated heterocycles. The Hall–Kier alpha value is -3.52. The van der Waals surface area contributed by atoms with E-state index in [9.17, 15) is 22.0 Å². The molecule has 3 heterocycles. The number of alkyl halides is 1. The normalized spacial score (nSPS) is 26.9. The lowest BCUT2D eigenvalue weighted by Gasteiger charge is -2.39. The predicted octanol–water partition coefficient (Wildman–Crippen LogP) is 2.36. The van der Waals surface area contributed by atoms with Crippen LogP contribution in [0.3, 0.4) is 0 Å². The summed E-state index contributed by atoms with van der Waals surface area (Å²) < 4.78 is 58.4. The summed E-state index contributed by atoms with van der Waals surface area (Å²) >= 11 is 0. The van der Waals surface area contributed by atoms with Crippen molar-refractivity contribution in [2.75, 3.05) is 18.6 Å². The van der Waals surface area contributed by atoms with Crippen LogP contribution in [0.15, 0.2) is 41.5 Å². The van der Waals surface area contributed by atoms with Crippen LogP contribution in [-0.2, 0) is 15.4 Å². The minimum Gasteiger partial charge on any atom is -0.479 e. The number of pyridine rings is 1. The Labute approximate surface area is 195 Å². The molecule has 8 nitrogen and oxygen atoms in total. The molecule has 4 rings (SSSR count). The van der Waals surface area contributed by atoms with Gasteiger partial charge in [0.25, 0.3) is 5.91 Å². The molecule has 34 heavy (non-hydrogen) atoms. The Balaban J connectivity index is 1.65. The number of amides is 1. The smallest absolute Gasteiger partial charge is 0.274 e. The summed E-state index contributed by atoms with van der Waals surface area (Å²) in [5.74, 6) is 1.04. The number of nitrogens with two attached hydrogens (primary N) is 1. The van der Waals surface area contributed by atoms with Crippen LogP contribution in [0.5, 0.6) is 5.75 Å². The van der Waals surface area contributed by atoms with E-state index in [0.29, 0.717) is 5.75 Å². The molecule has 1 amide bonds. The van der Waals surface area contributed by atoms with Gasteiger partial charge in [0.15, 0.2) is 14.6 Å². The molecule has 11 heteroatoms. The van der Waals surface area contributed by atoms with E-state index in [4.69, 9.17) is 16.9 Å². The topological polar surface area (TPSA) is 124 Å². The van der Waals surface area contributed by atoms with Crippen LogP contribution < -0.4 is 15.8 Å². The fourth-order valence-corrected chi connectivity index (χ4v) is 7.22. The van der Waals surface area contributed by atoms with Gasteiger partial charge in [0.1, 0.15) is 41.9 Å². The Morgan fingerprint density at radius 3 is 2.79 bits per heavy atom. The largest absolute Gasteiger partial charge is 0.479 e. The number of hydrogen-bond donors (Lipinski definition) is 2. The van der Waals surface area contributed by atoms with E-state index < -0.39 is 43.8 Å². The fourth-order valence-electron chi connectivity index (χ4n) is 4.57. The van der Waals surface area contributed by atoms with Gasteiger partial charge in [-0.25, -0.2) is 22.2 Å². The molecule has 0 saturated carbocycles. The van der Waals surface area contributed by atoms with Crippen molar-refractivity contribution in [2.45, 2.75) is 35.3 Å². The van der Waals surface area contributed by atoms with Crippen molar-refractivity contribution < 1.29 is 26.7 Å². The van der Waals surface area contributed by atoms with Gasteiger partial charge in [-0.15, -0.1) is 6.42 Å². The molecular weight excluding hydrogens is 466 g/mol. The zero-order valence-electron chi connectivity index (χ0n) is 18.2. The maximum Gasteiger partial charge on any atom is 0.274 e. The molecule has 2 bridgehead atoms. The second-order valence-electron chi connectivity index (χ2n) is 8.37. The third-order valence-electron chi connectivity index (χ3n) is 6.45. The van der Waals surface area contributed by atoms with E-state index in [-0.39, 0.29) is 42.2 Å². The molecule has 1 fully saturated rings. The molecule has 2 aliphatic rings. The van der Waals surface area contributed by atoms with Crippen molar-refractivity contribution in [2.24, 2.45) is 10.7 Å². The number of amidine groups is 1. The minimum atomic E-state index is -4.07. The monoisotopic (exact) mass is 488 g/mol. The fraction of sp³-hybridized carbons (Fsp3) is 0.348. The van der Waals surface area contributed by atoms with E-state index in [1.165, 1.54) is 37.4 Å². The highest BCUT2D eigenvalue weighted by molar-refractivity contribution is 7.94. The number of terminal acetylenes is 1. The molecule has 0 spiro atoms. The maximum absolute atomic E-state index is 15.0. The van der Waals surface area contributed by atoms with Crippen molar-refractivity contribution in [3.63, 3.8) is 0 Å². The van der Waals surface area contributed by atoms with Gasteiger partial charge in [-0.3, -0.25) is 9.79 Å². The SMILES string of the molecule is C#CCOc1ccc(C(=O)Nc2ccc(F)c([C@@]3(C)N=C(N)[C@@]4(CF)CCC3S4(=O)=O)c2)nc1. The lowest BCUT2D eigenvalue weighted by Crippen LogP contribution is -2.58. The minimum absolute atomic E-state index is 0.0216. The average molecular weight is 489 g/mol. The van der Waals surface area contributed by atoms with Gasteiger partial charge >= 0.3 is 0 Å². The molecule has 3 N–H and O–H groups in total. The number of carbonyl (C=O) groups excluding carboxylic acids is 1. The molecular formula is C23H22F2N4O4S. The summed E-state index contributed by atoms with van der Waals surface area (Å²) in [4.78, 5) is 20.9. The number of halogens is 2. The van der Waals surface area contributed by atoms with E-state index in [1.807, 2.05) is 0 Å². The van der Waals surface area contributed by atoms with E-state index >= 15 is 0 Å². The second-order valence-corrected chi connectivity index (χ2v) is 10.8. The maximum atomic E-state index is 15.0. The van der Waals surface area contributed by atoms with Gasteiger partial charge in [-0.05, 0) is 50.1 Å². The Morgan fingerprint density at radius 2 is 2.15 bits per heavy atom. The molecule has 2 aliphatic heterocycles. The lowest BCUT2D eigenvalue weighted by atomic mass is 9.86. The van der Waals surface area contributed by atoms with Crippen LogP contribution >= 0.6 is 0 Å². The standard InChI is InChI=1S/C23H22F2N4O4S/c1-3-10-33-15-5-7-18(27-12-15)20(30)28-14-4-6-17(25)16(11-14)22(2)19-8-9-23(13-24,21(26)29-22)34(19,31)32/h1,4-7,11-12,19H,8-10,13H2,2H3,(H2,26,29)(H,28,30)/t19?,22-,23+/m1/s1. The molecule has 1 aromatic heterocycles. The van der Waals surface area contributed by atoms with Crippen LogP contribution in [0.2, 0.25) is 0 Å². The number of hydrogen-bond acceptors (Lipinski definition) is 7. The molecule has 0 aliphatic carbocycles. The number of aromatic nitrogens is 1. The van der Waals surface area contributed by atoms with Crippen LogP contribution in [0.25, 0.3) is 0 Å². The lowest BCUT2D eigenvalue weighted by molar-refractivity contribution is 0.102. The highest BCUT2D eigenvalue weighted by Crippen LogP contribution is 2.52. The molecule has 1 unspecified atom stereocenters. The van der Waals surface area contributed by atoms with Crippen LogP contribution in [0.1, 0.15) is 35.8 Å². The molecule has 1 aromatic carbocycles. The Kier molecular flexibility index (Phi) is 5.81. The zero-order chi connectivity index (χ0) is 24.7. The number of sulfone groups is 1. The summed E-state index contributed by atoms with van der Waals surface area (Å²) in [5.41, 5.74) is 4.56. The first kappa shape index (κ1) is 23.6. The summed E-state index contributed by atoms with van der Waals surface area (Å²) in [6.45, 7) is 0.325. The molecule has 0 radical (unpaired) electrons. The van der Waals surface area contributed by atoms with Crippen molar-refractivity contribution in [3.8, 4) is 18.1 Å². The molecule has 2 aromatic rings. The number of anilines is 1. The average Bonchev–Trinajstić information content (AvgIpc) is 3.02. The van der Waals surface area contributed by atoms with Crippen molar-refractivity contribution >= 4 is 27.3 Å². The second kappa shape index (κ2) is 8.36. The van der Waals surface area contributed by atoms with E-state index in [2.05, 4.69) is 21.2 Å². The number of rotatable bonds is 6. The first-order valence-electron chi connectivity index (χ1n) is 10.4. The summed E-state index contributed by atoms with van der Waals surface area (Å²) in [6, 6.07) is 6.70. The van der Waals surface area contributed by atoms with Crippen LogP contribution in [0, 0.1) is 18.2 Å². The number of ether oxygens (including phenoxy) is 1. The summed E-state index contributed by atoms with van der Waals surface area (Å²) in [5, 5.41) is 1.46. The Bertz CT molecular complexity index is 1320. The zero-order valence-corrected chi connectivity index (χ0v) is 19.0. The Morgan fingerprint density at radius 1 is 1.38 bits per heavy atom. The molecule has 3 atom stereocenters.